The molecule has 9 heteroatoms. The Kier molecular flexibility index (Phi) is 7.47. The van der Waals surface area contributed by atoms with Gasteiger partial charge in [0.05, 0.1) is 14.2 Å². The smallest absolute Gasteiger partial charge is 0.255 e. The molecule has 0 heterocycles. The molecule has 0 saturated carbocycles. The summed E-state index contributed by atoms with van der Waals surface area (Å²) in [4.78, 5) is 36.0. The highest BCUT2D eigenvalue weighted by Crippen LogP contribution is 2.38. The van der Waals surface area contributed by atoms with Crippen molar-refractivity contribution in [2.24, 2.45) is 11.1 Å². The molecule has 0 spiro atoms. The van der Waals surface area contributed by atoms with Crippen molar-refractivity contribution in [3.8, 4) is 17.2 Å². The van der Waals surface area contributed by atoms with Crippen molar-refractivity contribution in [1.82, 2.24) is 0 Å². The van der Waals surface area contributed by atoms with Crippen LogP contribution in [-0.2, 0) is 9.59 Å². The van der Waals surface area contributed by atoms with E-state index < -0.39 is 17.2 Å². The van der Waals surface area contributed by atoms with Crippen LogP contribution in [0.4, 0.5) is 11.4 Å². The number of hydrogen-bond acceptors (Lipinski definition) is 6. The fraction of sp³-hybridized carbons (Fsp3) is 0.318. The summed E-state index contributed by atoms with van der Waals surface area (Å²) in [5.41, 5.74) is 5.85. The first-order valence-corrected chi connectivity index (χ1v) is 9.45. The summed E-state index contributed by atoms with van der Waals surface area (Å²) < 4.78 is 15.9. The first kappa shape index (κ1) is 23.5. The molecule has 4 N–H and O–H groups in total. The fourth-order valence-electron chi connectivity index (χ4n) is 2.49. The Morgan fingerprint density at radius 1 is 0.935 bits per heavy atom. The average molecular weight is 429 g/mol. The second kappa shape index (κ2) is 9.84. The van der Waals surface area contributed by atoms with Gasteiger partial charge in [-0.15, -0.1) is 0 Å². The van der Waals surface area contributed by atoms with Crippen molar-refractivity contribution in [2.45, 2.75) is 20.8 Å². The lowest BCUT2D eigenvalue weighted by Crippen LogP contribution is -2.27. The van der Waals surface area contributed by atoms with Gasteiger partial charge in [0.25, 0.3) is 11.8 Å². The van der Waals surface area contributed by atoms with Crippen LogP contribution in [0, 0.1) is 5.41 Å². The lowest BCUT2D eigenvalue weighted by Gasteiger charge is -2.18. The van der Waals surface area contributed by atoms with Crippen molar-refractivity contribution in [2.75, 3.05) is 31.5 Å². The lowest BCUT2D eigenvalue weighted by atomic mass is 9.95. The molecule has 0 aliphatic carbocycles. The third-order valence-corrected chi connectivity index (χ3v) is 4.14. The largest absolute Gasteiger partial charge is 0.493 e. The second-order valence-electron chi connectivity index (χ2n) is 7.70. The number of nitrogens with two attached hydrogens (primary N) is 1. The normalized spacial score (nSPS) is 10.7. The van der Waals surface area contributed by atoms with Crippen molar-refractivity contribution in [3.05, 3.63) is 42.0 Å². The van der Waals surface area contributed by atoms with Crippen LogP contribution >= 0.6 is 0 Å². The van der Waals surface area contributed by atoms with Crippen LogP contribution in [0.15, 0.2) is 36.4 Å². The average Bonchev–Trinajstić information content (AvgIpc) is 2.70. The molecule has 2 aromatic carbocycles. The number of rotatable bonds is 8. The number of methoxy groups -OCH3 is 2. The minimum atomic E-state index is -0.663. The number of carbonyl (C=O) groups excluding carboxylic acids is 3. The van der Waals surface area contributed by atoms with Gasteiger partial charge in [-0.1, -0.05) is 26.8 Å². The van der Waals surface area contributed by atoms with Crippen LogP contribution in [0.1, 0.15) is 31.1 Å². The van der Waals surface area contributed by atoms with Gasteiger partial charge in [0.15, 0.2) is 18.1 Å². The van der Waals surface area contributed by atoms with Gasteiger partial charge in [-0.05, 0) is 30.3 Å². The molecule has 2 aromatic rings. The topological polar surface area (TPSA) is 129 Å². The van der Waals surface area contributed by atoms with Gasteiger partial charge in [0, 0.05) is 22.4 Å². The van der Waals surface area contributed by atoms with E-state index >= 15 is 0 Å². The quantitative estimate of drug-likeness (QED) is 0.592. The minimum Gasteiger partial charge on any atom is -0.493 e. The molecule has 166 valence electrons. The second-order valence-corrected chi connectivity index (χ2v) is 7.70. The number of anilines is 2. The Labute approximate surface area is 180 Å². The molecule has 0 saturated heterocycles. The van der Waals surface area contributed by atoms with Crippen molar-refractivity contribution >= 4 is 29.1 Å². The number of ether oxygens (including phenoxy) is 3. The van der Waals surface area contributed by atoms with Crippen molar-refractivity contribution in [3.63, 3.8) is 0 Å². The third-order valence-electron chi connectivity index (χ3n) is 4.14. The van der Waals surface area contributed by atoms with Gasteiger partial charge in [0.2, 0.25) is 11.7 Å². The standard InChI is InChI=1S/C22H27N3O6/c1-22(2,3)21(28)25-15-8-6-7-14(11-15)24-20(27)13-9-16(29-4)19(17(10-13)30-5)31-12-18(23)26/h6-11H,12H2,1-5H3,(H2,23,26)(H,24,27)(H,25,28). The molecule has 3 amide bonds. The maximum Gasteiger partial charge on any atom is 0.255 e. The van der Waals surface area contributed by atoms with E-state index in [2.05, 4.69) is 10.6 Å². The van der Waals surface area contributed by atoms with Gasteiger partial charge in [-0.2, -0.15) is 0 Å². The Morgan fingerprint density at radius 2 is 1.48 bits per heavy atom. The molecular weight excluding hydrogens is 402 g/mol. The van der Waals surface area contributed by atoms with Gasteiger partial charge < -0.3 is 30.6 Å². The van der Waals surface area contributed by atoms with Gasteiger partial charge in [0.1, 0.15) is 0 Å². The van der Waals surface area contributed by atoms with E-state index in [0.717, 1.165) is 0 Å². The number of carbonyl (C=O) groups is 3. The Morgan fingerprint density at radius 3 is 1.97 bits per heavy atom. The van der Waals surface area contributed by atoms with Crippen LogP contribution < -0.4 is 30.6 Å². The third kappa shape index (κ3) is 6.36. The van der Waals surface area contributed by atoms with Crippen LogP contribution in [0.2, 0.25) is 0 Å². The summed E-state index contributed by atoms with van der Waals surface area (Å²) >= 11 is 0. The van der Waals surface area contributed by atoms with E-state index in [0.29, 0.717) is 11.4 Å². The monoisotopic (exact) mass is 429 g/mol. The van der Waals surface area contributed by atoms with E-state index in [-0.39, 0.29) is 35.3 Å². The number of benzene rings is 2. The van der Waals surface area contributed by atoms with Gasteiger partial charge in [-0.25, -0.2) is 0 Å². The van der Waals surface area contributed by atoms with E-state index in [1.165, 1.54) is 26.4 Å². The highest BCUT2D eigenvalue weighted by atomic mass is 16.5. The molecule has 0 radical (unpaired) electrons. The summed E-state index contributed by atoms with van der Waals surface area (Å²) in [6.45, 7) is 5.06. The predicted octanol–water partition coefficient (Wildman–Crippen LogP) is 2.80. The Hall–Kier alpha value is -3.75. The van der Waals surface area contributed by atoms with Crippen LogP contribution in [0.5, 0.6) is 17.2 Å². The maximum absolute atomic E-state index is 12.8. The minimum absolute atomic E-state index is 0.142. The molecule has 0 fully saturated rings. The van der Waals surface area contributed by atoms with E-state index in [9.17, 15) is 14.4 Å². The van der Waals surface area contributed by atoms with Crippen LogP contribution in [0.3, 0.4) is 0 Å². The molecule has 2 rings (SSSR count). The molecule has 0 aromatic heterocycles. The summed E-state index contributed by atoms with van der Waals surface area (Å²) in [6.07, 6.45) is 0. The summed E-state index contributed by atoms with van der Waals surface area (Å²) in [6, 6.07) is 9.72. The first-order valence-electron chi connectivity index (χ1n) is 9.45. The van der Waals surface area contributed by atoms with Crippen molar-refractivity contribution < 1.29 is 28.6 Å². The lowest BCUT2D eigenvalue weighted by molar-refractivity contribution is -0.123. The van der Waals surface area contributed by atoms with Crippen LogP contribution in [-0.4, -0.2) is 38.5 Å². The molecule has 0 atom stereocenters. The summed E-state index contributed by atoms with van der Waals surface area (Å²) in [5.74, 6) is -0.667. The molecule has 9 nitrogen and oxygen atoms in total. The Balaban J connectivity index is 2.24. The zero-order valence-electron chi connectivity index (χ0n) is 18.2. The SMILES string of the molecule is COc1cc(C(=O)Nc2cccc(NC(=O)C(C)(C)C)c2)cc(OC)c1OCC(N)=O. The molecule has 0 bridgehead atoms. The highest BCUT2D eigenvalue weighted by Gasteiger charge is 2.22. The summed E-state index contributed by atoms with van der Waals surface area (Å²) in [5, 5.41) is 5.58. The predicted molar refractivity (Wildman–Crippen MR) is 117 cm³/mol. The molecule has 0 aliphatic heterocycles. The zero-order chi connectivity index (χ0) is 23.2. The fourth-order valence-corrected chi connectivity index (χ4v) is 2.49. The van der Waals surface area contributed by atoms with Crippen LogP contribution in [0.25, 0.3) is 0 Å². The first-order chi connectivity index (χ1) is 14.5. The molecule has 0 unspecified atom stereocenters. The highest BCUT2D eigenvalue weighted by molar-refractivity contribution is 6.05. The maximum atomic E-state index is 12.8. The molecule has 0 aliphatic rings. The number of nitrogens with one attached hydrogen (secondary N) is 2. The van der Waals surface area contributed by atoms with E-state index in [1.807, 2.05) is 20.8 Å². The Bertz CT molecular complexity index is 956. The van der Waals surface area contributed by atoms with Gasteiger partial charge in [-0.3, -0.25) is 14.4 Å². The van der Waals surface area contributed by atoms with E-state index in [1.54, 1.807) is 24.3 Å². The summed E-state index contributed by atoms with van der Waals surface area (Å²) in [7, 11) is 2.80. The van der Waals surface area contributed by atoms with E-state index in [4.69, 9.17) is 19.9 Å². The number of amides is 3. The van der Waals surface area contributed by atoms with Gasteiger partial charge >= 0.3 is 0 Å². The number of primary amides is 1. The van der Waals surface area contributed by atoms with Crippen molar-refractivity contribution in [1.29, 1.82) is 0 Å². The number of hydrogen-bond donors (Lipinski definition) is 3. The molecular formula is C22H27N3O6. The molecule has 31 heavy (non-hydrogen) atoms. The zero-order valence-corrected chi connectivity index (χ0v) is 18.2.